The molecule has 7 heteroatoms. The smallest absolute Gasteiger partial charge is 0.228 e. The van der Waals surface area contributed by atoms with E-state index >= 15 is 0 Å². The number of anilines is 1. The maximum absolute atomic E-state index is 5.91. The largest absolute Gasteiger partial charge is 0.494 e. The normalized spacial score (nSPS) is 20.3. The fourth-order valence-electron chi connectivity index (χ4n) is 3.91. The highest BCUT2D eigenvalue weighted by molar-refractivity contribution is 7.99. The van der Waals surface area contributed by atoms with Crippen LogP contribution in [0.1, 0.15) is 39.0 Å². The predicted octanol–water partition coefficient (Wildman–Crippen LogP) is 4.25. The van der Waals surface area contributed by atoms with Crippen molar-refractivity contribution in [3.63, 3.8) is 0 Å². The predicted molar refractivity (Wildman–Crippen MR) is 117 cm³/mol. The van der Waals surface area contributed by atoms with Crippen molar-refractivity contribution >= 4 is 17.7 Å². The lowest BCUT2D eigenvalue weighted by atomic mass is 10.00. The maximum Gasteiger partial charge on any atom is 0.228 e. The first-order valence-electron chi connectivity index (χ1n) is 10.9. The number of benzene rings is 1. The van der Waals surface area contributed by atoms with Crippen molar-refractivity contribution in [2.24, 2.45) is 5.92 Å². The zero-order valence-corrected chi connectivity index (χ0v) is 18.1. The zero-order chi connectivity index (χ0) is 19.9. The second-order valence-electron chi connectivity index (χ2n) is 8.06. The molecule has 1 unspecified atom stereocenters. The number of piperidine rings is 1. The van der Waals surface area contributed by atoms with Crippen molar-refractivity contribution in [1.82, 2.24) is 14.8 Å². The van der Waals surface area contributed by atoms with Gasteiger partial charge in [-0.3, -0.25) is 4.57 Å². The molecule has 0 aliphatic carbocycles. The minimum atomic E-state index is 0.286. The molecule has 0 saturated carbocycles. The zero-order valence-electron chi connectivity index (χ0n) is 17.3. The van der Waals surface area contributed by atoms with E-state index in [0.717, 1.165) is 74.0 Å². The molecule has 158 valence electrons. The molecule has 2 aliphatic heterocycles. The molecule has 0 N–H and O–H groups in total. The average molecular weight is 417 g/mol. The monoisotopic (exact) mass is 416 g/mol. The molecule has 1 atom stereocenters. The third-order valence-corrected chi connectivity index (χ3v) is 6.76. The van der Waals surface area contributed by atoms with Gasteiger partial charge >= 0.3 is 0 Å². The first-order valence-corrected chi connectivity index (χ1v) is 11.9. The highest BCUT2D eigenvalue weighted by Crippen LogP contribution is 2.28. The summed E-state index contributed by atoms with van der Waals surface area (Å²) in [5.74, 6) is 3.73. The molecule has 0 radical (unpaired) electrons. The van der Waals surface area contributed by atoms with Crippen LogP contribution < -0.4 is 9.64 Å². The summed E-state index contributed by atoms with van der Waals surface area (Å²) in [5.41, 5.74) is 0. The molecular formula is C22H32N4O2S. The summed E-state index contributed by atoms with van der Waals surface area (Å²) < 4.78 is 14.0. The minimum absolute atomic E-state index is 0.286. The molecule has 2 aromatic rings. The second kappa shape index (κ2) is 10.3. The van der Waals surface area contributed by atoms with Crippen molar-refractivity contribution < 1.29 is 9.47 Å². The Morgan fingerprint density at radius 1 is 1.14 bits per heavy atom. The third-order valence-electron chi connectivity index (χ3n) is 5.71. The highest BCUT2D eigenvalue weighted by Gasteiger charge is 2.25. The standard InChI is InChI=1S/C22H32N4O2S/c1-18-10-12-25(13-11-18)21-23-24-22(26(21)17-20-9-5-14-28-20)29-16-6-15-27-19-7-3-2-4-8-19/h2-4,7-8,18,20H,5-6,9-17H2,1H3. The summed E-state index contributed by atoms with van der Waals surface area (Å²) >= 11 is 1.78. The Kier molecular flexibility index (Phi) is 7.33. The molecule has 4 rings (SSSR count). The van der Waals surface area contributed by atoms with E-state index in [-0.39, 0.29) is 6.10 Å². The number of hydrogen-bond acceptors (Lipinski definition) is 6. The van der Waals surface area contributed by atoms with Crippen molar-refractivity contribution in [2.75, 3.05) is 37.0 Å². The van der Waals surface area contributed by atoms with Gasteiger partial charge in [0.25, 0.3) is 0 Å². The van der Waals surface area contributed by atoms with Gasteiger partial charge in [-0.2, -0.15) is 0 Å². The maximum atomic E-state index is 5.91. The Morgan fingerprint density at radius 3 is 2.72 bits per heavy atom. The van der Waals surface area contributed by atoms with E-state index in [2.05, 4.69) is 26.6 Å². The molecule has 6 nitrogen and oxygen atoms in total. The third kappa shape index (κ3) is 5.66. The number of nitrogens with zero attached hydrogens (tertiary/aromatic N) is 4. The first-order chi connectivity index (χ1) is 14.3. The number of aromatic nitrogens is 3. The lowest BCUT2D eigenvalue weighted by Crippen LogP contribution is -2.35. The summed E-state index contributed by atoms with van der Waals surface area (Å²) in [4.78, 5) is 2.41. The Balaban J connectivity index is 1.34. The van der Waals surface area contributed by atoms with Crippen molar-refractivity contribution in [2.45, 2.75) is 56.8 Å². The van der Waals surface area contributed by atoms with E-state index in [1.54, 1.807) is 11.8 Å². The molecule has 2 fully saturated rings. The number of thioether (sulfide) groups is 1. The SMILES string of the molecule is CC1CCN(c2nnc(SCCCOc3ccccc3)n2CC2CCCO2)CC1. The topological polar surface area (TPSA) is 52.4 Å². The van der Waals surface area contributed by atoms with Crippen molar-refractivity contribution in [3.8, 4) is 5.75 Å². The molecule has 1 aromatic carbocycles. The van der Waals surface area contributed by atoms with E-state index in [4.69, 9.17) is 9.47 Å². The fourth-order valence-corrected chi connectivity index (χ4v) is 4.77. The molecule has 0 amide bonds. The number of rotatable bonds is 9. The Hall–Kier alpha value is -1.73. The van der Waals surface area contributed by atoms with Crippen LogP contribution in [0.25, 0.3) is 0 Å². The van der Waals surface area contributed by atoms with Crippen LogP contribution in [-0.4, -0.2) is 52.9 Å². The lowest BCUT2D eigenvalue weighted by molar-refractivity contribution is 0.0951. The molecule has 0 bridgehead atoms. The van der Waals surface area contributed by atoms with Crippen molar-refractivity contribution in [1.29, 1.82) is 0 Å². The van der Waals surface area contributed by atoms with Gasteiger partial charge < -0.3 is 14.4 Å². The average Bonchev–Trinajstić information content (AvgIpc) is 3.40. The van der Waals surface area contributed by atoms with Gasteiger partial charge in [0, 0.05) is 25.4 Å². The van der Waals surface area contributed by atoms with Crippen LogP contribution >= 0.6 is 11.8 Å². The van der Waals surface area contributed by atoms with Gasteiger partial charge in [0.15, 0.2) is 5.16 Å². The minimum Gasteiger partial charge on any atom is -0.494 e. The molecule has 3 heterocycles. The Bertz CT molecular complexity index is 741. The highest BCUT2D eigenvalue weighted by atomic mass is 32.2. The summed E-state index contributed by atoms with van der Waals surface area (Å²) in [6, 6.07) is 10.00. The van der Waals surface area contributed by atoms with Gasteiger partial charge in [-0.1, -0.05) is 36.9 Å². The summed E-state index contributed by atoms with van der Waals surface area (Å²) in [6.45, 7) is 6.93. The van der Waals surface area contributed by atoms with E-state index < -0.39 is 0 Å². The summed E-state index contributed by atoms with van der Waals surface area (Å²) in [5, 5.41) is 10.1. The van der Waals surface area contributed by atoms with Gasteiger partial charge in [-0.05, 0) is 50.2 Å². The Labute approximate surface area is 178 Å². The quantitative estimate of drug-likeness (QED) is 0.450. The molecular weight excluding hydrogens is 384 g/mol. The Morgan fingerprint density at radius 2 is 1.97 bits per heavy atom. The van der Waals surface area contributed by atoms with Crippen LogP contribution in [0.4, 0.5) is 5.95 Å². The van der Waals surface area contributed by atoms with Gasteiger partial charge in [-0.15, -0.1) is 10.2 Å². The molecule has 29 heavy (non-hydrogen) atoms. The number of hydrogen-bond donors (Lipinski definition) is 0. The molecule has 2 aliphatic rings. The lowest BCUT2D eigenvalue weighted by Gasteiger charge is -2.31. The van der Waals surface area contributed by atoms with Gasteiger partial charge in [0.1, 0.15) is 5.75 Å². The van der Waals surface area contributed by atoms with Crippen LogP contribution in [-0.2, 0) is 11.3 Å². The van der Waals surface area contributed by atoms with Crippen LogP contribution in [0.3, 0.4) is 0 Å². The van der Waals surface area contributed by atoms with E-state index in [1.807, 2.05) is 30.3 Å². The van der Waals surface area contributed by atoms with E-state index in [1.165, 1.54) is 12.8 Å². The van der Waals surface area contributed by atoms with E-state index in [0.29, 0.717) is 6.61 Å². The fraction of sp³-hybridized carbons (Fsp3) is 0.636. The second-order valence-corrected chi connectivity index (χ2v) is 9.12. The van der Waals surface area contributed by atoms with E-state index in [9.17, 15) is 0 Å². The summed E-state index contributed by atoms with van der Waals surface area (Å²) in [6.07, 6.45) is 6.00. The van der Waals surface area contributed by atoms with Gasteiger partial charge in [0.2, 0.25) is 5.95 Å². The van der Waals surface area contributed by atoms with Crippen LogP contribution in [0.5, 0.6) is 5.75 Å². The van der Waals surface area contributed by atoms with Crippen molar-refractivity contribution in [3.05, 3.63) is 30.3 Å². The van der Waals surface area contributed by atoms with Crippen LogP contribution in [0.2, 0.25) is 0 Å². The molecule has 0 spiro atoms. The molecule has 2 saturated heterocycles. The summed E-state index contributed by atoms with van der Waals surface area (Å²) in [7, 11) is 0. The van der Waals surface area contributed by atoms with Crippen LogP contribution in [0.15, 0.2) is 35.5 Å². The first kappa shape index (κ1) is 20.5. The number of ether oxygens (including phenoxy) is 2. The van der Waals surface area contributed by atoms with Gasteiger partial charge in [-0.25, -0.2) is 0 Å². The van der Waals surface area contributed by atoms with Crippen LogP contribution in [0, 0.1) is 5.92 Å². The van der Waals surface area contributed by atoms with Gasteiger partial charge in [0.05, 0.1) is 19.3 Å². The number of para-hydroxylation sites is 1. The molecule has 1 aromatic heterocycles.